The standard InChI is InChI=1S/C42H54FN5O8/c1-7-8-24-54-41(53)47-22-20-46(21-23-47)40(52)32(17-18-37(49)56-42(4,5)6)45-38(50)34-26-36(31-16-11-27(2)25-33(31)44-34)55-28(3)39(51)48-19-9-10-35(48)29-12-14-30(43)15-13-29/h11-16,25-26,28,32,35H,7-10,17-24H2,1-6H3,(H,45,50)/t28-,32+,35+/m1/s1. The summed E-state index contributed by atoms with van der Waals surface area (Å²) >= 11 is 0. The lowest BCUT2D eigenvalue weighted by atomic mass is 10.0. The summed E-state index contributed by atoms with van der Waals surface area (Å²) in [5.74, 6) is -1.93. The van der Waals surface area contributed by atoms with Gasteiger partial charge in [-0.3, -0.25) is 19.2 Å². The van der Waals surface area contributed by atoms with Crippen molar-refractivity contribution < 1.29 is 42.6 Å². The third-order valence-corrected chi connectivity index (χ3v) is 9.84. The molecule has 1 aromatic heterocycles. The van der Waals surface area contributed by atoms with Gasteiger partial charge in [-0.2, -0.15) is 0 Å². The van der Waals surface area contributed by atoms with E-state index in [4.69, 9.17) is 14.2 Å². The van der Waals surface area contributed by atoms with Crippen molar-refractivity contribution >= 4 is 40.7 Å². The number of rotatable bonds is 13. The quantitative estimate of drug-likeness (QED) is 0.160. The van der Waals surface area contributed by atoms with Gasteiger partial charge in [-0.05, 0) is 95.7 Å². The molecule has 5 rings (SSSR count). The number of likely N-dealkylation sites (tertiary alicyclic amines) is 1. The molecule has 0 spiro atoms. The second kappa shape index (κ2) is 18.6. The van der Waals surface area contributed by atoms with Gasteiger partial charge in [0.15, 0.2) is 6.10 Å². The number of halogens is 1. The highest BCUT2D eigenvalue weighted by Crippen LogP contribution is 2.34. The maximum absolute atomic E-state index is 14.0. The minimum Gasteiger partial charge on any atom is -0.480 e. The van der Waals surface area contributed by atoms with Crippen LogP contribution in [0.2, 0.25) is 0 Å². The molecule has 14 heteroatoms. The number of benzene rings is 2. The molecule has 3 heterocycles. The highest BCUT2D eigenvalue weighted by molar-refractivity contribution is 5.99. The maximum Gasteiger partial charge on any atom is 0.409 e. The van der Waals surface area contributed by atoms with Crippen molar-refractivity contribution in [2.45, 2.75) is 104 Å². The number of amides is 4. The fraction of sp³-hybridized carbons (Fsp3) is 0.524. The number of piperazine rings is 1. The summed E-state index contributed by atoms with van der Waals surface area (Å²) in [7, 11) is 0. The predicted octanol–water partition coefficient (Wildman–Crippen LogP) is 6.11. The number of aromatic nitrogens is 1. The number of fused-ring (bicyclic) bond motifs is 1. The predicted molar refractivity (Wildman–Crippen MR) is 207 cm³/mol. The molecule has 0 bridgehead atoms. The summed E-state index contributed by atoms with van der Waals surface area (Å²) in [6, 6.07) is 11.8. The van der Waals surface area contributed by atoms with Gasteiger partial charge in [0.05, 0.1) is 18.2 Å². The molecule has 0 radical (unpaired) electrons. The fourth-order valence-electron chi connectivity index (χ4n) is 6.93. The van der Waals surface area contributed by atoms with Crippen molar-refractivity contribution in [2.24, 2.45) is 0 Å². The number of nitrogens with zero attached hydrogens (tertiary/aromatic N) is 4. The number of nitrogens with one attached hydrogen (secondary N) is 1. The smallest absolute Gasteiger partial charge is 0.409 e. The van der Waals surface area contributed by atoms with Crippen molar-refractivity contribution in [2.75, 3.05) is 39.3 Å². The van der Waals surface area contributed by atoms with Gasteiger partial charge in [-0.15, -0.1) is 0 Å². The van der Waals surface area contributed by atoms with Crippen molar-refractivity contribution in [3.05, 3.63) is 71.2 Å². The third-order valence-electron chi connectivity index (χ3n) is 9.84. The van der Waals surface area contributed by atoms with Gasteiger partial charge in [0.25, 0.3) is 11.8 Å². The van der Waals surface area contributed by atoms with Crippen molar-refractivity contribution in [1.82, 2.24) is 25.0 Å². The van der Waals surface area contributed by atoms with Crippen molar-refractivity contribution in [1.29, 1.82) is 0 Å². The molecule has 3 atom stereocenters. The van der Waals surface area contributed by atoms with E-state index < -0.39 is 41.6 Å². The van der Waals surface area contributed by atoms with Crippen LogP contribution in [0.15, 0.2) is 48.5 Å². The summed E-state index contributed by atoms with van der Waals surface area (Å²) < 4.78 is 30.8. The minimum atomic E-state index is -1.11. The van der Waals surface area contributed by atoms with Gasteiger partial charge in [0.1, 0.15) is 28.9 Å². The van der Waals surface area contributed by atoms with Gasteiger partial charge < -0.3 is 34.2 Å². The number of carbonyl (C=O) groups excluding carboxylic acids is 5. The first-order chi connectivity index (χ1) is 26.6. The monoisotopic (exact) mass is 775 g/mol. The number of hydrogen-bond donors (Lipinski definition) is 1. The second-order valence-corrected chi connectivity index (χ2v) is 15.5. The van der Waals surface area contributed by atoms with Crippen LogP contribution >= 0.6 is 0 Å². The van der Waals surface area contributed by atoms with Gasteiger partial charge in [-0.1, -0.05) is 31.5 Å². The van der Waals surface area contributed by atoms with Gasteiger partial charge in [-0.25, -0.2) is 14.2 Å². The number of esters is 1. The second-order valence-electron chi connectivity index (χ2n) is 15.5. The van der Waals surface area contributed by atoms with E-state index in [0.717, 1.165) is 36.8 Å². The Morgan fingerprint density at radius 3 is 2.32 bits per heavy atom. The molecule has 2 fully saturated rings. The Bertz CT molecular complexity index is 1890. The van der Waals surface area contributed by atoms with E-state index in [0.29, 0.717) is 24.1 Å². The Balaban J connectivity index is 1.35. The van der Waals surface area contributed by atoms with E-state index in [1.54, 1.807) is 60.6 Å². The first-order valence-corrected chi connectivity index (χ1v) is 19.5. The van der Waals surface area contributed by atoms with Crippen LogP contribution in [0.1, 0.15) is 101 Å². The van der Waals surface area contributed by atoms with Crippen LogP contribution in [0.25, 0.3) is 10.9 Å². The molecule has 4 amide bonds. The molecule has 3 aromatic rings. The summed E-state index contributed by atoms with van der Waals surface area (Å²) in [6.07, 6.45) is 1.64. The summed E-state index contributed by atoms with van der Waals surface area (Å²) in [6.45, 7) is 12.6. The molecule has 0 saturated carbocycles. The molecule has 2 aliphatic heterocycles. The molecule has 0 unspecified atom stereocenters. The topological polar surface area (TPSA) is 148 Å². The van der Waals surface area contributed by atoms with Gasteiger partial charge in [0.2, 0.25) is 5.91 Å². The fourth-order valence-corrected chi connectivity index (χ4v) is 6.93. The number of hydrogen-bond acceptors (Lipinski definition) is 9. The molecule has 1 N–H and O–H groups in total. The van der Waals surface area contributed by atoms with Crippen LogP contribution in [0.5, 0.6) is 5.75 Å². The molecule has 302 valence electrons. The van der Waals surface area contributed by atoms with Crippen LogP contribution in [0.3, 0.4) is 0 Å². The van der Waals surface area contributed by atoms with E-state index in [2.05, 4.69) is 10.3 Å². The largest absolute Gasteiger partial charge is 0.480 e. The number of carbonyl (C=O) groups is 5. The SMILES string of the molecule is CCCCOC(=O)N1CCN(C(=O)[C@H](CCC(=O)OC(C)(C)C)NC(=O)c2cc(O[C@H](C)C(=O)N3CCC[C@H]3c3ccc(F)cc3)c3ccc(C)cc3n2)CC1. The molecule has 0 aliphatic carbocycles. The zero-order valence-corrected chi connectivity index (χ0v) is 33.3. The van der Waals surface area contributed by atoms with Gasteiger partial charge in [0, 0.05) is 50.6 Å². The number of pyridine rings is 1. The zero-order chi connectivity index (χ0) is 40.6. The van der Waals surface area contributed by atoms with E-state index in [1.807, 2.05) is 26.0 Å². The van der Waals surface area contributed by atoms with Crippen LogP contribution in [-0.4, -0.2) is 107 Å². The van der Waals surface area contributed by atoms with Crippen molar-refractivity contribution in [3.63, 3.8) is 0 Å². The Kier molecular flexibility index (Phi) is 13.9. The Labute approximate surface area is 327 Å². The van der Waals surface area contributed by atoms with Crippen LogP contribution in [0, 0.1) is 12.7 Å². The molecular weight excluding hydrogens is 721 g/mol. The highest BCUT2D eigenvalue weighted by Gasteiger charge is 2.35. The Hall–Kier alpha value is -5.27. The minimum absolute atomic E-state index is 0.0363. The van der Waals surface area contributed by atoms with E-state index >= 15 is 0 Å². The maximum atomic E-state index is 14.0. The van der Waals surface area contributed by atoms with E-state index in [1.165, 1.54) is 18.2 Å². The lowest BCUT2D eigenvalue weighted by molar-refractivity contribution is -0.155. The summed E-state index contributed by atoms with van der Waals surface area (Å²) in [4.78, 5) is 76.6. The Morgan fingerprint density at radius 2 is 1.64 bits per heavy atom. The molecule has 2 aromatic carbocycles. The normalized spacial score (nSPS) is 17.0. The van der Waals surface area contributed by atoms with E-state index in [-0.39, 0.29) is 68.2 Å². The number of unbranched alkanes of at least 4 members (excludes halogenated alkanes) is 1. The molecule has 2 aliphatic rings. The molecular formula is C42H54FN5O8. The molecule has 13 nitrogen and oxygen atoms in total. The highest BCUT2D eigenvalue weighted by atomic mass is 19.1. The third kappa shape index (κ3) is 10.9. The summed E-state index contributed by atoms with van der Waals surface area (Å²) in [5, 5.41) is 3.40. The summed E-state index contributed by atoms with van der Waals surface area (Å²) in [5.41, 5.74) is 1.40. The van der Waals surface area contributed by atoms with E-state index in [9.17, 15) is 28.4 Å². The number of ether oxygens (including phenoxy) is 3. The average Bonchev–Trinajstić information content (AvgIpc) is 3.65. The molecule has 56 heavy (non-hydrogen) atoms. The number of aryl methyl sites for hydroxylation is 1. The lowest BCUT2D eigenvalue weighted by Crippen LogP contribution is -2.56. The Morgan fingerprint density at radius 1 is 0.946 bits per heavy atom. The first-order valence-electron chi connectivity index (χ1n) is 19.5. The van der Waals surface area contributed by atoms with Gasteiger partial charge >= 0.3 is 12.1 Å². The van der Waals surface area contributed by atoms with Crippen molar-refractivity contribution in [3.8, 4) is 5.75 Å². The lowest BCUT2D eigenvalue weighted by Gasteiger charge is -2.36. The average molecular weight is 776 g/mol. The van der Waals surface area contributed by atoms with Crippen LogP contribution < -0.4 is 10.1 Å². The van der Waals surface area contributed by atoms with Crippen LogP contribution in [0.4, 0.5) is 9.18 Å². The van der Waals surface area contributed by atoms with Crippen LogP contribution in [-0.2, 0) is 23.9 Å². The first kappa shape index (κ1) is 41.9. The molecule has 2 saturated heterocycles. The zero-order valence-electron chi connectivity index (χ0n) is 33.3.